The van der Waals surface area contributed by atoms with Crippen LogP contribution in [0.2, 0.25) is 0 Å². The van der Waals surface area contributed by atoms with Crippen molar-refractivity contribution in [3.05, 3.63) is 45.8 Å². The van der Waals surface area contributed by atoms with Crippen molar-refractivity contribution in [2.24, 2.45) is 0 Å². The molecule has 8 nitrogen and oxygen atoms in total. The van der Waals surface area contributed by atoms with Crippen molar-refractivity contribution < 1.29 is 18.0 Å². The van der Waals surface area contributed by atoms with Gasteiger partial charge in [0.2, 0.25) is 10.0 Å². The first kappa shape index (κ1) is 26.3. The number of likely N-dealkylation sites (N-methyl/N-ethyl adjacent to an activating group) is 1. The Balaban J connectivity index is 1.36. The molecule has 2 amide bonds. The van der Waals surface area contributed by atoms with E-state index in [2.05, 4.69) is 17.3 Å². The number of carbonyl (C=O) groups excluding carboxylic acids is 2. The first-order valence-electron chi connectivity index (χ1n) is 13.3. The summed E-state index contributed by atoms with van der Waals surface area (Å²) in [5, 5.41) is 3.58. The van der Waals surface area contributed by atoms with E-state index in [1.54, 1.807) is 19.2 Å². The molecule has 0 atom stereocenters. The lowest BCUT2D eigenvalue weighted by Crippen LogP contribution is -2.38. The molecular weight excluding hydrogens is 508 g/mol. The molecule has 2 aliphatic heterocycles. The van der Waals surface area contributed by atoms with Crippen LogP contribution in [0, 0.1) is 0 Å². The normalized spacial score (nSPS) is 19.3. The lowest BCUT2D eigenvalue weighted by Gasteiger charge is -2.30. The fourth-order valence-corrected chi connectivity index (χ4v) is 8.42. The summed E-state index contributed by atoms with van der Waals surface area (Å²) in [6, 6.07) is 6.15. The summed E-state index contributed by atoms with van der Waals surface area (Å²) in [6.45, 7) is 3.14. The number of fused-ring (bicyclic) bond motifs is 1. The van der Waals surface area contributed by atoms with Crippen LogP contribution in [0.4, 0.5) is 5.00 Å². The van der Waals surface area contributed by atoms with Crippen LogP contribution in [0.1, 0.15) is 76.1 Å². The van der Waals surface area contributed by atoms with E-state index < -0.39 is 10.0 Å². The van der Waals surface area contributed by atoms with E-state index in [0.29, 0.717) is 16.1 Å². The Morgan fingerprint density at radius 3 is 2.35 bits per heavy atom. The summed E-state index contributed by atoms with van der Waals surface area (Å²) >= 11 is 1.48. The number of hydrogen-bond donors (Lipinski definition) is 1. The van der Waals surface area contributed by atoms with E-state index in [4.69, 9.17) is 0 Å². The van der Waals surface area contributed by atoms with Gasteiger partial charge in [-0.1, -0.05) is 19.3 Å². The summed E-state index contributed by atoms with van der Waals surface area (Å²) in [4.78, 5) is 32.1. The zero-order valence-corrected chi connectivity index (χ0v) is 23.3. The fraction of sp³-hybridized carbons (Fsp3) is 0.556. The van der Waals surface area contributed by atoms with E-state index in [9.17, 15) is 18.0 Å². The number of carbonyl (C=O) groups is 2. The molecule has 0 spiro atoms. The molecule has 2 aromatic rings. The average molecular weight is 545 g/mol. The molecule has 2 fully saturated rings. The monoisotopic (exact) mass is 544 g/mol. The Morgan fingerprint density at radius 1 is 1.00 bits per heavy atom. The number of sulfonamides is 1. The minimum Gasteiger partial charge on any atom is -0.339 e. The Morgan fingerprint density at radius 2 is 1.68 bits per heavy atom. The van der Waals surface area contributed by atoms with Crippen molar-refractivity contribution in [3.63, 3.8) is 0 Å². The van der Waals surface area contributed by atoms with E-state index in [-0.39, 0.29) is 22.8 Å². The van der Waals surface area contributed by atoms with Gasteiger partial charge in [0.25, 0.3) is 11.8 Å². The number of benzene rings is 1. The van der Waals surface area contributed by atoms with Crippen LogP contribution < -0.4 is 5.32 Å². The van der Waals surface area contributed by atoms with Crippen LogP contribution in [0.3, 0.4) is 0 Å². The van der Waals surface area contributed by atoms with Crippen LogP contribution in [0.25, 0.3) is 0 Å². The molecule has 0 radical (unpaired) electrons. The summed E-state index contributed by atoms with van der Waals surface area (Å²) in [5.74, 6) is -0.339. The third kappa shape index (κ3) is 5.34. The molecule has 1 aromatic heterocycles. The smallest absolute Gasteiger partial charge is 0.257 e. The minimum atomic E-state index is -3.63. The van der Waals surface area contributed by atoms with E-state index in [0.717, 1.165) is 88.0 Å². The third-order valence-electron chi connectivity index (χ3n) is 7.96. The van der Waals surface area contributed by atoms with Gasteiger partial charge >= 0.3 is 0 Å². The zero-order valence-electron chi connectivity index (χ0n) is 21.7. The Hall–Kier alpha value is -2.27. The highest BCUT2D eigenvalue weighted by atomic mass is 32.2. The summed E-state index contributed by atoms with van der Waals surface area (Å²) in [5.41, 5.74) is 2.06. The maximum absolute atomic E-state index is 13.4. The second-order valence-corrected chi connectivity index (χ2v) is 13.6. The predicted molar refractivity (Wildman–Crippen MR) is 146 cm³/mol. The molecule has 0 bridgehead atoms. The van der Waals surface area contributed by atoms with Gasteiger partial charge in [-0.05, 0) is 69.0 Å². The van der Waals surface area contributed by atoms with Gasteiger partial charge in [-0.2, -0.15) is 4.31 Å². The maximum Gasteiger partial charge on any atom is 0.257 e. The number of likely N-dealkylation sites (tertiary alicyclic amines) is 1. The first-order valence-corrected chi connectivity index (χ1v) is 15.5. The van der Waals surface area contributed by atoms with Gasteiger partial charge in [-0.25, -0.2) is 8.42 Å². The molecule has 1 aliphatic carbocycles. The molecule has 3 heterocycles. The molecule has 0 unspecified atom stereocenters. The van der Waals surface area contributed by atoms with Gasteiger partial charge < -0.3 is 15.1 Å². The fourth-order valence-electron chi connectivity index (χ4n) is 5.68. The Kier molecular flexibility index (Phi) is 7.72. The first-order chi connectivity index (χ1) is 17.8. The van der Waals surface area contributed by atoms with Gasteiger partial charge in [0.05, 0.1) is 10.5 Å². The summed E-state index contributed by atoms with van der Waals surface area (Å²) in [6.07, 6.45) is 7.83. The SMILES string of the molecule is CN1CCc2c(sc(NC(=O)c3ccc(S(=O)(=O)N(C)C4CCCCC4)cc3)c2C(=O)N2CCCC2)C1. The third-order valence-corrected chi connectivity index (χ3v) is 11.0. The highest BCUT2D eigenvalue weighted by Gasteiger charge is 2.32. The van der Waals surface area contributed by atoms with Gasteiger partial charge in [0, 0.05) is 49.7 Å². The van der Waals surface area contributed by atoms with Gasteiger partial charge in [0.15, 0.2) is 0 Å². The van der Waals surface area contributed by atoms with Crippen LogP contribution in [-0.4, -0.2) is 74.1 Å². The second-order valence-electron chi connectivity index (χ2n) is 10.5. The van der Waals surface area contributed by atoms with E-state index in [1.807, 2.05) is 4.90 Å². The number of amides is 2. The number of hydrogen-bond acceptors (Lipinski definition) is 6. The van der Waals surface area contributed by atoms with Crippen molar-refractivity contribution in [2.75, 3.05) is 39.0 Å². The zero-order chi connectivity index (χ0) is 26.2. The Bertz CT molecular complexity index is 1260. The van der Waals surface area contributed by atoms with Crippen LogP contribution in [0.15, 0.2) is 29.2 Å². The molecule has 5 rings (SSSR count). The van der Waals surface area contributed by atoms with Gasteiger partial charge in [-0.15, -0.1) is 11.3 Å². The van der Waals surface area contributed by atoms with Gasteiger partial charge in [0.1, 0.15) is 5.00 Å². The van der Waals surface area contributed by atoms with E-state index in [1.165, 1.54) is 27.8 Å². The van der Waals surface area contributed by atoms with Crippen molar-refractivity contribution in [1.29, 1.82) is 0 Å². The average Bonchev–Trinajstić information content (AvgIpc) is 3.56. The largest absolute Gasteiger partial charge is 0.339 e. The molecule has 1 N–H and O–H groups in total. The van der Waals surface area contributed by atoms with Crippen LogP contribution in [0.5, 0.6) is 0 Å². The van der Waals surface area contributed by atoms with E-state index >= 15 is 0 Å². The quantitative estimate of drug-likeness (QED) is 0.589. The summed E-state index contributed by atoms with van der Waals surface area (Å²) < 4.78 is 27.8. The number of nitrogens with one attached hydrogen (secondary N) is 1. The van der Waals surface area contributed by atoms with Gasteiger partial charge in [-0.3, -0.25) is 9.59 Å². The Labute approximate surface area is 223 Å². The number of nitrogens with zero attached hydrogens (tertiary/aromatic N) is 3. The maximum atomic E-state index is 13.4. The van der Waals surface area contributed by atoms with Crippen molar-refractivity contribution >= 4 is 38.2 Å². The lowest BCUT2D eigenvalue weighted by atomic mass is 9.96. The topological polar surface area (TPSA) is 90.0 Å². The molecule has 200 valence electrons. The van der Waals surface area contributed by atoms with Crippen molar-refractivity contribution in [2.45, 2.75) is 68.8 Å². The van der Waals surface area contributed by atoms with Crippen LogP contribution >= 0.6 is 11.3 Å². The second kappa shape index (κ2) is 10.8. The molecule has 3 aliphatic rings. The summed E-state index contributed by atoms with van der Waals surface area (Å²) in [7, 11) is 0.0874. The standard InChI is InChI=1S/C27H36N4O4S2/c1-29-17-14-22-23(18-29)36-26(24(22)27(33)31-15-6-7-16-31)28-25(32)19-10-12-21(13-11-19)37(34,35)30(2)20-8-4-3-5-9-20/h10-13,20H,3-9,14-18H2,1-2H3,(H,28,32). The number of anilines is 1. The molecular formula is C27H36N4O4S2. The molecule has 37 heavy (non-hydrogen) atoms. The minimum absolute atomic E-state index is 0.00189. The molecule has 1 aromatic carbocycles. The van der Waals surface area contributed by atoms with Crippen LogP contribution in [-0.2, 0) is 23.0 Å². The number of thiophene rings is 1. The molecule has 10 heteroatoms. The highest BCUT2D eigenvalue weighted by molar-refractivity contribution is 7.89. The molecule has 1 saturated carbocycles. The van der Waals surface area contributed by atoms with Crippen molar-refractivity contribution in [1.82, 2.24) is 14.1 Å². The predicted octanol–water partition coefficient (Wildman–Crippen LogP) is 4.18. The van der Waals surface area contributed by atoms with Crippen molar-refractivity contribution in [3.8, 4) is 0 Å². The number of rotatable bonds is 6. The molecule has 1 saturated heterocycles. The highest BCUT2D eigenvalue weighted by Crippen LogP contribution is 2.38. The lowest BCUT2D eigenvalue weighted by molar-refractivity contribution is 0.0792.